The van der Waals surface area contributed by atoms with Crippen LogP contribution in [0.5, 0.6) is 0 Å². The zero-order chi connectivity index (χ0) is 11.0. The molecule has 0 spiro atoms. The van der Waals surface area contributed by atoms with Gasteiger partial charge in [0, 0.05) is 30.9 Å². The van der Waals surface area contributed by atoms with Gasteiger partial charge in [0.1, 0.15) is 0 Å². The molecule has 0 saturated carbocycles. The molecule has 0 aromatic heterocycles. The van der Waals surface area contributed by atoms with Crippen molar-refractivity contribution in [2.24, 2.45) is 11.7 Å². The average Bonchev–Trinajstić information content (AvgIpc) is 2.86. The van der Waals surface area contributed by atoms with E-state index in [1.807, 2.05) is 12.3 Å². The van der Waals surface area contributed by atoms with Crippen LogP contribution < -0.4 is 16.5 Å². The fraction of sp³-hybridized carbons (Fsp3) is 0.333. The topological polar surface area (TPSA) is 53.3 Å². The van der Waals surface area contributed by atoms with Crippen LogP contribution in [-0.2, 0) is 6.54 Å². The monoisotopic (exact) mass is 252 g/mol. The summed E-state index contributed by atoms with van der Waals surface area (Å²) in [4.78, 5) is 0. The normalized spacial score (nSPS) is 26.5. The van der Waals surface area contributed by atoms with Crippen LogP contribution in [0.15, 0.2) is 42.2 Å². The van der Waals surface area contributed by atoms with Crippen molar-refractivity contribution in [2.45, 2.75) is 12.7 Å². The van der Waals surface area contributed by atoms with Crippen molar-refractivity contribution in [1.29, 1.82) is 0 Å². The van der Waals surface area contributed by atoms with E-state index in [-0.39, 0.29) is 18.6 Å². The minimum absolute atomic E-state index is 0. The Balaban J connectivity index is 0.00000108. The molecule has 0 radical (unpaired) electrons. The SMILES string of the molecule is Cl.NC1C2CNC=C2NN1Cc1ccccc1. The van der Waals surface area contributed by atoms with E-state index < -0.39 is 0 Å². The highest BCUT2D eigenvalue weighted by Gasteiger charge is 2.37. The third-order valence-corrected chi connectivity index (χ3v) is 3.24. The van der Waals surface area contributed by atoms with Crippen LogP contribution in [0.4, 0.5) is 0 Å². The summed E-state index contributed by atoms with van der Waals surface area (Å²) in [5.41, 5.74) is 12.0. The molecule has 4 nitrogen and oxygen atoms in total. The Bertz CT molecular complexity index is 406. The maximum absolute atomic E-state index is 6.19. The van der Waals surface area contributed by atoms with Crippen LogP contribution in [0, 0.1) is 5.92 Å². The lowest BCUT2D eigenvalue weighted by Gasteiger charge is -2.22. The molecule has 0 bridgehead atoms. The lowest BCUT2D eigenvalue weighted by Crippen LogP contribution is -2.45. The molecule has 2 aliphatic rings. The van der Waals surface area contributed by atoms with Gasteiger partial charge in [-0.2, -0.15) is 0 Å². The van der Waals surface area contributed by atoms with E-state index in [4.69, 9.17) is 5.73 Å². The van der Waals surface area contributed by atoms with Crippen LogP contribution in [0.1, 0.15) is 5.56 Å². The minimum Gasteiger partial charge on any atom is -0.389 e. The molecule has 92 valence electrons. The quantitative estimate of drug-likeness (QED) is 0.728. The van der Waals surface area contributed by atoms with Crippen molar-refractivity contribution in [1.82, 2.24) is 15.8 Å². The minimum atomic E-state index is 0. The molecular weight excluding hydrogens is 236 g/mol. The summed E-state index contributed by atoms with van der Waals surface area (Å²) in [6, 6.07) is 10.4. The standard InChI is InChI=1S/C12H16N4.ClH/c13-12-10-6-14-7-11(10)15-16(12)8-9-4-2-1-3-5-9;/h1-5,7,10,12,14-15H,6,8,13H2;1H. The molecule has 2 atom stereocenters. The van der Waals surface area contributed by atoms with Crippen molar-refractivity contribution >= 4 is 12.4 Å². The van der Waals surface area contributed by atoms with Crippen molar-refractivity contribution in [2.75, 3.05) is 6.54 Å². The first-order valence-electron chi connectivity index (χ1n) is 5.61. The predicted octanol–water partition coefficient (Wildman–Crippen LogP) is 0.774. The number of fused-ring (bicyclic) bond motifs is 1. The maximum Gasteiger partial charge on any atom is 0.0861 e. The summed E-state index contributed by atoms with van der Waals surface area (Å²) in [6.45, 7) is 1.78. The Kier molecular flexibility index (Phi) is 3.57. The molecule has 2 unspecified atom stereocenters. The molecule has 3 rings (SSSR count). The van der Waals surface area contributed by atoms with Gasteiger partial charge in [0.05, 0.1) is 6.17 Å². The molecule has 0 aliphatic carbocycles. The summed E-state index contributed by atoms with van der Waals surface area (Å²) in [5, 5.41) is 5.31. The van der Waals surface area contributed by atoms with Gasteiger partial charge in [-0.3, -0.25) is 0 Å². The van der Waals surface area contributed by atoms with Gasteiger partial charge in [-0.1, -0.05) is 30.3 Å². The van der Waals surface area contributed by atoms with E-state index in [2.05, 4.69) is 40.0 Å². The molecular formula is C12H17ClN4. The van der Waals surface area contributed by atoms with Crippen LogP contribution in [-0.4, -0.2) is 17.7 Å². The van der Waals surface area contributed by atoms with Crippen LogP contribution >= 0.6 is 12.4 Å². The molecule has 1 saturated heterocycles. The van der Waals surface area contributed by atoms with E-state index in [1.165, 1.54) is 11.3 Å². The van der Waals surface area contributed by atoms with Gasteiger partial charge in [0.15, 0.2) is 0 Å². The fourth-order valence-electron chi connectivity index (χ4n) is 2.32. The number of nitrogens with one attached hydrogen (secondary N) is 2. The van der Waals surface area contributed by atoms with Crippen molar-refractivity contribution < 1.29 is 0 Å². The Morgan fingerprint density at radius 3 is 2.76 bits per heavy atom. The predicted molar refractivity (Wildman–Crippen MR) is 69.9 cm³/mol. The van der Waals surface area contributed by atoms with E-state index in [0.717, 1.165) is 13.1 Å². The summed E-state index contributed by atoms with van der Waals surface area (Å²) in [5.74, 6) is 0.406. The summed E-state index contributed by atoms with van der Waals surface area (Å²) < 4.78 is 0. The zero-order valence-corrected chi connectivity index (χ0v) is 10.3. The lowest BCUT2D eigenvalue weighted by molar-refractivity contribution is 0.167. The maximum atomic E-state index is 6.19. The molecule has 0 amide bonds. The third-order valence-electron chi connectivity index (χ3n) is 3.24. The molecule has 2 heterocycles. The van der Waals surface area contributed by atoms with Crippen LogP contribution in [0.3, 0.4) is 0 Å². The highest BCUT2D eigenvalue weighted by Crippen LogP contribution is 2.25. The van der Waals surface area contributed by atoms with Crippen LogP contribution in [0.2, 0.25) is 0 Å². The van der Waals surface area contributed by atoms with E-state index in [9.17, 15) is 0 Å². The zero-order valence-electron chi connectivity index (χ0n) is 9.47. The number of nitrogens with two attached hydrogens (primary N) is 1. The number of halogens is 1. The van der Waals surface area contributed by atoms with Gasteiger partial charge in [-0.25, -0.2) is 5.01 Å². The smallest absolute Gasteiger partial charge is 0.0861 e. The second-order valence-electron chi connectivity index (χ2n) is 4.33. The molecule has 2 aliphatic heterocycles. The van der Waals surface area contributed by atoms with Crippen molar-refractivity contribution in [3.63, 3.8) is 0 Å². The molecule has 4 N–H and O–H groups in total. The second-order valence-corrected chi connectivity index (χ2v) is 4.33. The first-order chi connectivity index (χ1) is 7.84. The third kappa shape index (κ3) is 2.24. The van der Waals surface area contributed by atoms with Crippen molar-refractivity contribution in [3.05, 3.63) is 47.8 Å². The first kappa shape index (κ1) is 12.2. The highest BCUT2D eigenvalue weighted by molar-refractivity contribution is 5.85. The molecule has 1 fully saturated rings. The summed E-state index contributed by atoms with van der Waals surface area (Å²) in [7, 11) is 0. The highest BCUT2D eigenvalue weighted by atomic mass is 35.5. The van der Waals surface area contributed by atoms with Gasteiger partial charge < -0.3 is 16.5 Å². The number of benzene rings is 1. The fourth-order valence-corrected chi connectivity index (χ4v) is 2.32. The average molecular weight is 253 g/mol. The van der Waals surface area contributed by atoms with Gasteiger partial charge >= 0.3 is 0 Å². The summed E-state index contributed by atoms with van der Waals surface area (Å²) in [6.07, 6.45) is 2.08. The Morgan fingerprint density at radius 2 is 2.06 bits per heavy atom. The molecule has 5 heteroatoms. The molecule has 1 aromatic rings. The largest absolute Gasteiger partial charge is 0.389 e. The van der Waals surface area contributed by atoms with E-state index in [0.29, 0.717) is 5.92 Å². The first-order valence-corrected chi connectivity index (χ1v) is 5.61. The lowest BCUT2D eigenvalue weighted by atomic mass is 10.1. The molecule has 17 heavy (non-hydrogen) atoms. The Hall–Kier alpha value is -1.23. The Morgan fingerprint density at radius 1 is 1.29 bits per heavy atom. The number of nitrogens with zero attached hydrogens (tertiary/aromatic N) is 1. The Labute approximate surface area is 107 Å². The number of hydrazine groups is 1. The number of hydrogen-bond donors (Lipinski definition) is 3. The number of rotatable bonds is 2. The van der Waals surface area contributed by atoms with Gasteiger partial charge in [0.2, 0.25) is 0 Å². The summed E-state index contributed by atoms with van der Waals surface area (Å²) >= 11 is 0. The number of hydrogen-bond acceptors (Lipinski definition) is 4. The van der Waals surface area contributed by atoms with Gasteiger partial charge in [-0.15, -0.1) is 12.4 Å². The van der Waals surface area contributed by atoms with E-state index >= 15 is 0 Å². The molecule has 1 aromatic carbocycles. The van der Waals surface area contributed by atoms with Crippen LogP contribution in [0.25, 0.3) is 0 Å². The second kappa shape index (κ2) is 4.96. The van der Waals surface area contributed by atoms with Gasteiger partial charge in [-0.05, 0) is 5.56 Å². The van der Waals surface area contributed by atoms with E-state index in [1.54, 1.807) is 0 Å². The van der Waals surface area contributed by atoms with Crippen molar-refractivity contribution in [3.8, 4) is 0 Å². The van der Waals surface area contributed by atoms with Gasteiger partial charge in [0.25, 0.3) is 0 Å².